The lowest BCUT2D eigenvalue weighted by atomic mass is 9.91. The van der Waals surface area contributed by atoms with E-state index in [4.69, 9.17) is 5.73 Å². The highest BCUT2D eigenvalue weighted by molar-refractivity contribution is 5.87. The molecular weight excluding hydrogens is 376 g/mol. The molecule has 26 heavy (non-hydrogen) atoms. The van der Waals surface area contributed by atoms with Crippen molar-refractivity contribution < 1.29 is 9.18 Å². The van der Waals surface area contributed by atoms with Crippen molar-refractivity contribution >= 4 is 36.4 Å². The zero-order valence-corrected chi connectivity index (χ0v) is 16.2. The van der Waals surface area contributed by atoms with Crippen molar-refractivity contribution in [1.29, 1.82) is 0 Å². The summed E-state index contributed by atoms with van der Waals surface area (Å²) in [5.74, 6) is -0.304. The van der Waals surface area contributed by atoms with Crippen LogP contribution >= 0.6 is 24.8 Å². The molecule has 0 aliphatic carbocycles. The molecule has 0 radical (unpaired) electrons. The van der Waals surface area contributed by atoms with Crippen LogP contribution in [0.25, 0.3) is 0 Å². The van der Waals surface area contributed by atoms with Gasteiger partial charge in [-0.3, -0.25) is 4.79 Å². The third kappa shape index (κ3) is 4.67. The summed E-state index contributed by atoms with van der Waals surface area (Å²) in [6.07, 6.45) is 0. The lowest BCUT2D eigenvalue weighted by Crippen LogP contribution is -2.56. The molecule has 2 N–H and O–H groups in total. The predicted octanol–water partition coefficient (Wildman–Crippen LogP) is 3.19. The summed E-state index contributed by atoms with van der Waals surface area (Å²) >= 11 is 0. The van der Waals surface area contributed by atoms with Crippen LogP contribution in [-0.4, -0.2) is 37.0 Å². The summed E-state index contributed by atoms with van der Waals surface area (Å²) in [6, 6.07) is 15.9. The van der Waals surface area contributed by atoms with Crippen molar-refractivity contribution in [2.75, 3.05) is 31.1 Å². The van der Waals surface area contributed by atoms with Gasteiger partial charge in [-0.1, -0.05) is 30.3 Å². The van der Waals surface area contributed by atoms with Gasteiger partial charge < -0.3 is 15.5 Å². The summed E-state index contributed by atoms with van der Waals surface area (Å²) < 4.78 is 13.0. The Balaban J connectivity index is 0.00000169. The molecule has 1 unspecified atom stereocenters. The van der Waals surface area contributed by atoms with Crippen LogP contribution in [0.3, 0.4) is 0 Å². The number of nitrogens with two attached hydrogens (primary N) is 1. The first kappa shape index (κ1) is 22.2. The fraction of sp³-hybridized carbons (Fsp3) is 0.316. The maximum absolute atomic E-state index is 13.0. The van der Waals surface area contributed by atoms with E-state index in [1.54, 1.807) is 19.1 Å². The number of hydrogen-bond acceptors (Lipinski definition) is 3. The molecule has 142 valence electrons. The van der Waals surface area contributed by atoms with Gasteiger partial charge in [-0.15, -0.1) is 24.8 Å². The summed E-state index contributed by atoms with van der Waals surface area (Å²) in [4.78, 5) is 16.8. The third-order valence-corrected chi connectivity index (χ3v) is 4.58. The normalized spacial score (nSPS) is 16.1. The molecule has 0 aromatic heterocycles. The van der Waals surface area contributed by atoms with Gasteiger partial charge in [0.15, 0.2) is 0 Å². The number of nitrogens with zero attached hydrogens (tertiary/aromatic N) is 2. The number of rotatable bonds is 3. The van der Waals surface area contributed by atoms with Gasteiger partial charge in [0.25, 0.3) is 0 Å². The first-order valence-electron chi connectivity index (χ1n) is 8.13. The Morgan fingerprint density at radius 3 is 2.04 bits per heavy atom. The van der Waals surface area contributed by atoms with Crippen LogP contribution in [0.2, 0.25) is 0 Å². The van der Waals surface area contributed by atoms with E-state index in [-0.39, 0.29) is 36.5 Å². The molecule has 1 heterocycles. The minimum atomic E-state index is -1.03. The molecule has 2 aromatic carbocycles. The van der Waals surface area contributed by atoms with Crippen molar-refractivity contribution in [3.63, 3.8) is 0 Å². The number of benzene rings is 2. The molecule has 1 atom stereocenters. The summed E-state index contributed by atoms with van der Waals surface area (Å²) in [6.45, 7) is 4.40. The van der Waals surface area contributed by atoms with Gasteiger partial charge in [0.1, 0.15) is 11.4 Å². The number of anilines is 1. The smallest absolute Gasteiger partial charge is 0.247 e. The molecular formula is C19H24Cl2FN3O. The van der Waals surface area contributed by atoms with E-state index in [2.05, 4.69) is 4.90 Å². The molecule has 4 nitrogen and oxygen atoms in total. The van der Waals surface area contributed by atoms with E-state index >= 15 is 0 Å². The van der Waals surface area contributed by atoms with E-state index in [1.165, 1.54) is 12.1 Å². The largest absolute Gasteiger partial charge is 0.368 e. The molecule has 1 fully saturated rings. The van der Waals surface area contributed by atoms with Gasteiger partial charge in [-0.25, -0.2) is 4.39 Å². The number of halogens is 3. The number of carbonyl (C=O) groups excluding carboxylic acids is 1. The van der Waals surface area contributed by atoms with Crippen molar-refractivity contribution in [1.82, 2.24) is 4.90 Å². The van der Waals surface area contributed by atoms with Crippen LogP contribution in [0.4, 0.5) is 10.1 Å². The Morgan fingerprint density at radius 2 is 1.50 bits per heavy atom. The Kier molecular flexibility index (Phi) is 7.87. The second kappa shape index (κ2) is 9.21. The average Bonchev–Trinajstić information content (AvgIpc) is 2.62. The summed E-state index contributed by atoms with van der Waals surface area (Å²) in [5.41, 5.74) is 7.09. The number of carbonyl (C=O) groups is 1. The van der Waals surface area contributed by atoms with Gasteiger partial charge in [0.2, 0.25) is 5.91 Å². The molecule has 1 aliphatic heterocycles. The van der Waals surface area contributed by atoms with Crippen LogP contribution in [0.5, 0.6) is 0 Å². The molecule has 1 amide bonds. The van der Waals surface area contributed by atoms with Gasteiger partial charge in [-0.2, -0.15) is 0 Å². The highest BCUT2D eigenvalue weighted by Crippen LogP contribution is 2.23. The third-order valence-electron chi connectivity index (χ3n) is 4.58. The number of hydrogen-bond donors (Lipinski definition) is 1. The van der Waals surface area contributed by atoms with Gasteiger partial charge in [0, 0.05) is 31.9 Å². The maximum Gasteiger partial charge on any atom is 0.247 e. The molecule has 0 bridgehead atoms. The van der Waals surface area contributed by atoms with E-state index < -0.39 is 5.54 Å². The van der Waals surface area contributed by atoms with E-state index in [9.17, 15) is 9.18 Å². The molecule has 7 heteroatoms. The zero-order chi connectivity index (χ0) is 17.2. The van der Waals surface area contributed by atoms with Crippen molar-refractivity contribution in [2.45, 2.75) is 12.5 Å². The van der Waals surface area contributed by atoms with Crippen molar-refractivity contribution in [3.8, 4) is 0 Å². The zero-order valence-electron chi connectivity index (χ0n) is 14.6. The molecule has 0 spiro atoms. The first-order chi connectivity index (χ1) is 11.5. The lowest BCUT2D eigenvalue weighted by molar-refractivity contribution is -0.137. The highest BCUT2D eigenvalue weighted by Gasteiger charge is 2.35. The minimum Gasteiger partial charge on any atom is -0.368 e. The molecule has 1 saturated heterocycles. The van der Waals surface area contributed by atoms with E-state index in [0.29, 0.717) is 26.2 Å². The monoisotopic (exact) mass is 399 g/mol. The highest BCUT2D eigenvalue weighted by atomic mass is 35.5. The first-order valence-corrected chi connectivity index (χ1v) is 8.13. The van der Waals surface area contributed by atoms with E-state index in [0.717, 1.165) is 11.3 Å². The fourth-order valence-electron chi connectivity index (χ4n) is 3.06. The molecule has 0 saturated carbocycles. The Morgan fingerprint density at radius 1 is 0.962 bits per heavy atom. The second-order valence-electron chi connectivity index (χ2n) is 6.32. The van der Waals surface area contributed by atoms with Crippen LogP contribution in [0.1, 0.15) is 12.5 Å². The van der Waals surface area contributed by atoms with Gasteiger partial charge in [-0.05, 0) is 36.8 Å². The lowest BCUT2D eigenvalue weighted by Gasteiger charge is -2.39. The molecule has 1 aliphatic rings. The predicted molar refractivity (Wildman–Crippen MR) is 108 cm³/mol. The number of piperazine rings is 1. The van der Waals surface area contributed by atoms with Crippen LogP contribution < -0.4 is 10.6 Å². The van der Waals surface area contributed by atoms with Crippen molar-refractivity contribution in [2.24, 2.45) is 5.73 Å². The summed E-state index contributed by atoms with van der Waals surface area (Å²) in [5, 5.41) is 0. The Bertz CT molecular complexity index is 702. The SMILES string of the molecule is CC(N)(C(=O)N1CCN(c2ccc(F)cc2)CC1)c1ccccc1.Cl.Cl. The topological polar surface area (TPSA) is 49.6 Å². The molecule has 3 rings (SSSR count). The Hall–Kier alpha value is -1.82. The maximum atomic E-state index is 13.0. The Labute approximate surface area is 166 Å². The van der Waals surface area contributed by atoms with Gasteiger partial charge >= 0.3 is 0 Å². The van der Waals surface area contributed by atoms with E-state index in [1.807, 2.05) is 35.2 Å². The molecule has 2 aromatic rings. The summed E-state index contributed by atoms with van der Waals surface area (Å²) in [7, 11) is 0. The standard InChI is InChI=1S/C19H22FN3O.2ClH/c1-19(21,15-5-3-2-4-6-15)18(24)23-13-11-22(12-14-23)17-9-7-16(20)8-10-17;;/h2-10H,11-14,21H2,1H3;2*1H. The van der Waals surface area contributed by atoms with Gasteiger partial charge in [0.05, 0.1) is 0 Å². The van der Waals surface area contributed by atoms with Crippen LogP contribution in [0, 0.1) is 5.82 Å². The van der Waals surface area contributed by atoms with Crippen LogP contribution in [0.15, 0.2) is 54.6 Å². The van der Waals surface area contributed by atoms with Crippen molar-refractivity contribution in [3.05, 3.63) is 66.0 Å². The second-order valence-corrected chi connectivity index (χ2v) is 6.32. The fourth-order valence-corrected chi connectivity index (χ4v) is 3.06. The quantitative estimate of drug-likeness (QED) is 0.861. The minimum absolute atomic E-state index is 0. The average molecular weight is 400 g/mol. The number of amides is 1. The van der Waals surface area contributed by atoms with Crippen LogP contribution in [-0.2, 0) is 10.3 Å².